The first-order valence-electron chi connectivity index (χ1n) is 5.27. The third kappa shape index (κ3) is 3.32. The lowest BCUT2D eigenvalue weighted by Crippen LogP contribution is -2.28. The summed E-state index contributed by atoms with van der Waals surface area (Å²) in [5, 5.41) is 23.9. The fourth-order valence-electron chi connectivity index (χ4n) is 1.17. The summed E-state index contributed by atoms with van der Waals surface area (Å²) in [5.41, 5.74) is 0.869. The standard InChI is InChI=1S/C10H18N4O2/c1-3-11-10-12-4-7(2)9(14-10)13-8(5-15)6-16/h4,8,15-16H,3,5-6H2,1-2H3,(H2,11,12,13,14). The fraction of sp³-hybridized carbons (Fsp3) is 0.600. The first-order valence-corrected chi connectivity index (χ1v) is 5.27. The lowest BCUT2D eigenvalue weighted by atomic mass is 10.3. The average Bonchev–Trinajstić information content (AvgIpc) is 2.30. The molecule has 0 aromatic carbocycles. The highest BCUT2D eigenvalue weighted by molar-refractivity contribution is 5.47. The van der Waals surface area contributed by atoms with Crippen LogP contribution in [0.25, 0.3) is 0 Å². The predicted octanol–water partition coefficient (Wildman–Crippen LogP) is -0.0181. The van der Waals surface area contributed by atoms with Crippen LogP contribution in [0.4, 0.5) is 11.8 Å². The summed E-state index contributed by atoms with van der Waals surface area (Å²) in [6.45, 7) is 4.28. The molecule has 0 amide bonds. The van der Waals surface area contributed by atoms with Crippen molar-refractivity contribution in [3.63, 3.8) is 0 Å². The molecule has 1 rings (SSSR count). The smallest absolute Gasteiger partial charge is 0.224 e. The highest BCUT2D eigenvalue weighted by Crippen LogP contribution is 2.13. The molecule has 0 aliphatic carbocycles. The van der Waals surface area contributed by atoms with Crippen molar-refractivity contribution >= 4 is 11.8 Å². The van der Waals surface area contributed by atoms with Crippen LogP contribution in [0.5, 0.6) is 0 Å². The maximum absolute atomic E-state index is 8.97. The molecule has 6 nitrogen and oxygen atoms in total. The Balaban J connectivity index is 2.80. The van der Waals surface area contributed by atoms with Crippen LogP contribution >= 0.6 is 0 Å². The number of aromatic nitrogens is 2. The largest absolute Gasteiger partial charge is 0.394 e. The molecule has 0 spiro atoms. The number of nitrogens with zero attached hydrogens (tertiary/aromatic N) is 2. The number of anilines is 2. The van der Waals surface area contributed by atoms with Gasteiger partial charge in [-0.1, -0.05) is 0 Å². The van der Waals surface area contributed by atoms with E-state index >= 15 is 0 Å². The Bertz CT molecular complexity index is 329. The third-order valence-corrected chi connectivity index (χ3v) is 2.09. The molecule has 0 unspecified atom stereocenters. The van der Waals surface area contributed by atoms with Crippen LogP contribution < -0.4 is 10.6 Å². The van der Waals surface area contributed by atoms with E-state index in [0.29, 0.717) is 11.8 Å². The number of hydrogen-bond donors (Lipinski definition) is 4. The minimum absolute atomic E-state index is 0.142. The normalized spacial score (nSPS) is 10.6. The maximum Gasteiger partial charge on any atom is 0.224 e. The van der Waals surface area contributed by atoms with Gasteiger partial charge in [-0.3, -0.25) is 0 Å². The van der Waals surface area contributed by atoms with Crippen molar-refractivity contribution in [2.75, 3.05) is 30.4 Å². The van der Waals surface area contributed by atoms with Crippen LogP contribution in [0.1, 0.15) is 12.5 Å². The molecular formula is C10H18N4O2. The predicted molar refractivity (Wildman–Crippen MR) is 62.5 cm³/mol. The van der Waals surface area contributed by atoms with Gasteiger partial charge in [-0.05, 0) is 13.8 Å². The minimum Gasteiger partial charge on any atom is -0.394 e. The van der Waals surface area contributed by atoms with Crippen molar-refractivity contribution in [2.24, 2.45) is 0 Å². The molecule has 0 bridgehead atoms. The zero-order valence-corrected chi connectivity index (χ0v) is 9.56. The van der Waals surface area contributed by atoms with Gasteiger partial charge in [-0.25, -0.2) is 4.98 Å². The second-order valence-corrected chi connectivity index (χ2v) is 3.46. The molecule has 0 fully saturated rings. The minimum atomic E-state index is -0.400. The summed E-state index contributed by atoms with van der Waals surface area (Å²) < 4.78 is 0. The van der Waals surface area contributed by atoms with Gasteiger partial charge in [0.15, 0.2) is 0 Å². The van der Waals surface area contributed by atoms with E-state index in [0.717, 1.165) is 12.1 Å². The van der Waals surface area contributed by atoms with Gasteiger partial charge in [0.1, 0.15) is 5.82 Å². The Morgan fingerprint density at radius 3 is 2.62 bits per heavy atom. The summed E-state index contributed by atoms with van der Waals surface area (Å²) in [7, 11) is 0. The Kier molecular flexibility index (Phi) is 4.94. The fourth-order valence-corrected chi connectivity index (χ4v) is 1.17. The first kappa shape index (κ1) is 12.7. The van der Waals surface area contributed by atoms with E-state index in [1.54, 1.807) is 6.20 Å². The van der Waals surface area contributed by atoms with Gasteiger partial charge in [-0.15, -0.1) is 0 Å². The van der Waals surface area contributed by atoms with Gasteiger partial charge in [-0.2, -0.15) is 4.98 Å². The van der Waals surface area contributed by atoms with Crippen LogP contribution in [0, 0.1) is 6.92 Å². The molecular weight excluding hydrogens is 208 g/mol. The lowest BCUT2D eigenvalue weighted by Gasteiger charge is -2.16. The molecule has 0 aliphatic heterocycles. The number of nitrogens with one attached hydrogen (secondary N) is 2. The van der Waals surface area contributed by atoms with Crippen LogP contribution in [-0.2, 0) is 0 Å². The summed E-state index contributed by atoms with van der Waals surface area (Å²) in [5.74, 6) is 1.16. The summed E-state index contributed by atoms with van der Waals surface area (Å²) in [6.07, 6.45) is 1.69. The van der Waals surface area contributed by atoms with Gasteiger partial charge >= 0.3 is 0 Å². The van der Waals surface area contributed by atoms with E-state index in [-0.39, 0.29) is 13.2 Å². The first-order chi connectivity index (χ1) is 7.71. The highest BCUT2D eigenvalue weighted by atomic mass is 16.3. The summed E-state index contributed by atoms with van der Waals surface area (Å²) in [6, 6.07) is -0.400. The van der Waals surface area contributed by atoms with Crippen molar-refractivity contribution in [1.82, 2.24) is 9.97 Å². The Morgan fingerprint density at radius 1 is 1.38 bits per heavy atom. The van der Waals surface area contributed by atoms with Crippen LogP contribution in [0.3, 0.4) is 0 Å². The quantitative estimate of drug-likeness (QED) is 0.545. The van der Waals surface area contributed by atoms with Gasteiger partial charge in [0, 0.05) is 18.3 Å². The molecule has 1 aromatic heterocycles. The third-order valence-electron chi connectivity index (χ3n) is 2.09. The molecule has 16 heavy (non-hydrogen) atoms. The van der Waals surface area contributed by atoms with Crippen molar-refractivity contribution < 1.29 is 10.2 Å². The van der Waals surface area contributed by atoms with E-state index in [1.807, 2.05) is 13.8 Å². The monoisotopic (exact) mass is 226 g/mol. The zero-order valence-electron chi connectivity index (χ0n) is 9.56. The van der Waals surface area contributed by atoms with Crippen molar-refractivity contribution in [3.05, 3.63) is 11.8 Å². The molecule has 0 saturated carbocycles. The molecule has 1 aromatic rings. The maximum atomic E-state index is 8.97. The van der Waals surface area contributed by atoms with E-state index in [2.05, 4.69) is 20.6 Å². The number of rotatable bonds is 6. The second-order valence-electron chi connectivity index (χ2n) is 3.46. The Labute approximate surface area is 94.7 Å². The summed E-state index contributed by atoms with van der Waals surface area (Å²) >= 11 is 0. The molecule has 1 heterocycles. The molecule has 4 N–H and O–H groups in total. The van der Waals surface area contributed by atoms with Crippen molar-refractivity contribution in [2.45, 2.75) is 19.9 Å². The number of aliphatic hydroxyl groups is 2. The molecule has 0 aliphatic rings. The van der Waals surface area contributed by atoms with Crippen LogP contribution in [0.15, 0.2) is 6.20 Å². The topological polar surface area (TPSA) is 90.3 Å². The Morgan fingerprint density at radius 2 is 2.06 bits per heavy atom. The molecule has 0 atom stereocenters. The van der Waals surface area contributed by atoms with E-state index in [9.17, 15) is 0 Å². The second kappa shape index (κ2) is 6.24. The average molecular weight is 226 g/mol. The SMILES string of the molecule is CCNc1ncc(C)c(NC(CO)CO)n1. The molecule has 0 saturated heterocycles. The Hall–Kier alpha value is -1.40. The number of hydrogen-bond acceptors (Lipinski definition) is 6. The van der Waals surface area contributed by atoms with E-state index in [4.69, 9.17) is 10.2 Å². The number of aryl methyl sites for hydroxylation is 1. The van der Waals surface area contributed by atoms with Crippen molar-refractivity contribution in [3.8, 4) is 0 Å². The van der Waals surface area contributed by atoms with Gasteiger partial charge in [0.25, 0.3) is 0 Å². The highest BCUT2D eigenvalue weighted by Gasteiger charge is 2.09. The molecule has 0 radical (unpaired) electrons. The number of aliphatic hydroxyl groups excluding tert-OH is 2. The van der Waals surface area contributed by atoms with Gasteiger partial charge < -0.3 is 20.8 Å². The zero-order chi connectivity index (χ0) is 12.0. The summed E-state index contributed by atoms with van der Waals surface area (Å²) in [4.78, 5) is 8.34. The van der Waals surface area contributed by atoms with Gasteiger partial charge in [0.2, 0.25) is 5.95 Å². The lowest BCUT2D eigenvalue weighted by molar-refractivity contribution is 0.203. The molecule has 90 valence electrons. The molecule has 6 heteroatoms. The van der Waals surface area contributed by atoms with Crippen LogP contribution in [-0.4, -0.2) is 46.0 Å². The van der Waals surface area contributed by atoms with Crippen LogP contribution in [0.2, 0.25) is 0 Å². The van der Waals surface area contributed by atoms with Crippen molar-refractivity contribution in [1.29, 1.82) is 0 Å². The van der Waals surface area contributed by atoms with E-state index < -0.39 is 6.04 Å². The van der Waals surface area contributed by atoms with E-state index in [1.165, 1.54) is 0 Å². The van der Waals surface area contributed by atoms with Gasteiger partial charge in [0.05, 0.1) is 19.3 Å².